The molecular weight excluding hydrogens is 390 g/mol. The Labute approximate surface area is 175 Å². The lowest BCUT2D eigenvalue weighted by molar-refractivity contribution is -0.122. The van der Waals surface area contributed by atoms with Crippen molar-refractivity contribution in [1.29, 1.82) is 0 Å². The molecule has 0 radical (unpaired) electrons. The van der Waals surface area contributed by atoms with Gasteiger partial charge in [0.15, 0.2) is 6.10 Å². The van der Waals surface area contributed by atoms with Crippen LogP contribution in [-0.2, 0) is 4.79 Å². The van der Waals surface area contributed by atoms with Crippen LogP contribution in [0.25, 0.3) is 0 Å². The van der Waals surface area contributed by atoms with E-state index in [9.17, 15) is 4.79 Å². The molecular formula is C23H22ClNO2S. The van der Waals surface area contributed by atoms with Crippen molar-refractivity contribution in [3.05, 3.63) is 82.9 Å². The second kappa shape index (κ2) is 9.18. The largest absolute Gasteiger partial charge is 0.481 e. The van der Waals surface area contributed by atoms with Crippen molar-refractivity contribution < 1.29 is 9.53 Å². The Kier molecular flexibility index (Phi) is 6.65. The zero-order valence-electron chi connectivity index (χ0n) is 16.0. The first kappa shape index (κ1) is 20.3. The number of aryl methyl sites for hydroxylation is 2. The van der Waals surface area contributed by atoms with Crippen LogP contribution in [0.3, 0.4) is 0 Å². The van der Waals surface area contributed by atoms with Crippen molar-refractivity contribution in [2.24, 2.45) is 0 Å². The van der Waals surface area contributed by atoms with Gasteiger partial charge in [-0.25, -0.2) is 0 Å². The molecule has 1 N–H and O–H groups in total. The molecule has 1 amide bonds. The zero-order valence-corrected chi connectivity index (χ0v) is 17.6. The third-order valence-electron chi connectivity index (χ3n) is 4.21. The van der Waals surface area contributed by atoms with Gasteiger partial charge in [0.2, 0.25) is 0 Å². The van der Waals surface area contributed by atoms with Crippen molar-refractivity contribution in [2.75, 3.05) is 5.32 Å². The topological polar surface area (TPSA) is 38.3 Å². The number of amides is 1. The number of benzene rings is 3. The fourth-order valence-electron chi connectivity index (χ4n) is 2.74. The van der Waals surface area contributed by atoms with Crippen LogP contribution in [0.5, 0.6) is 5.75 Å². The molecule has 5 heteroatoms. The Balaban J connectivity index is 1.71. The number of para-hydroxylation sites is 1. The molecule has 0 saturated carbocycles. The lowest BCUT2D eigenvalue weighted by atomic mass is 10.1. The number of rotatable bonds is 6. The van der Waals surface area contributed by atoms with E-state index in [1.165, 1.54) is 0 Å². The molecule has 0 spiro atoms. The second-order valence-electron chi connectivity index (χ2n) is 6.53. The molecule has 0 aliphatic carbocycles. The van der Waals surface area contributed by atoms with Crippen LogP contribution in [-0.4, -0.2) is 12.0 Å². The minimum atomic E-state index is -0.644. The fraction of sp³-hybridized carbons (Fsp3) is 0.174. The highest BCUT2D eigenvalue weighted by molar-refractivity contribution is 7.99. The zero-order chi connectivity index (χ0) is 20.1. The van der Waals surface area contributed by atoms with E-state index < -0.39 is 6.10 Å². The van der Waals surface area contributed by atoms with E-state index in [1.54, 1.807) is 18.7 Å². The summed E-state index contributed by atoms with van der Waals surface area (Å²) in [6.07, 6.45) is -0.644. The molecule has 1 atom stereocenters. The quantitative estimate of drug-likeness (QED) is 0.502. The van der Waals surface area contributed by atoms with Crippen LogP contribution in [0.2, 0.25) is 5.02 Å². The van der Waals surface area contributed by atoms with E-state index in [-0.39, 0.29) is 5.91 Å². The molecule has 28 heavy (non-hydrogen) atoms. The molecule has 3 nitrogen and oxygen atoms in total. The number of hydrogen-bond acceptors (Lipinski definition) is 3. The summed E-state index contributed by atoms with van der Waals surface area (Å²) < 4.78 is 5.85. The Bertz CT molecular complexity index is 952. The van der Waals surface area contributed by atoms with E-state index >= 15 is 0 Å². The van der Waals surface area contributed by atoms with Gasteiger partial charge in [0.25, 0.3) is 5.91 Å². The SMILES string of the molecule is Cc1cc(O[C@H](C)C(=O)Nc2ccccc2Sc2ccccc2)cc(C)c1Cl. The average Bonchev–Trinajstić information content (AvgIpc) is 2.68. The van der Waals surface area contributed by atoms with Gasteiger partial charge >= 0.3 is 0 Å². The average molecular weight is 412 g/mol. The molecule has 0 aliphatic rings. The van der Waals surface area contributed by atoms with E-state index in [1.807, 2.05) is 80.6 Å². The number of halogens is 1. The summed E-state index contributed by atoms with van der Waals surface area (Å²) in [5, 5.41) is 3.70. The predicted octanol–water partition coefficient (Wildman–Crippen LogP) is 6.51. The number of anilines is 1. The van der Waals surface area contributed by atoms with Crippen LogP contribution in [0.1, 0.15) is 18.1 Å². The van der Waals surface area contributed by atoms with E-state index in [0.717, 1.165) is 31.6 Å². The predicted molar refractivity (Wildman–Crippen MR) is 117 cm³/mol. The van der Waals surface area contributed by atoms with Crippen molar-refractivity contribution in [3.8, 4) is 5.75 Å². The molecule has 3 aromatic rings. The van der Waals surface area contributed by atoms with Crippen LogP contribution in [0.15, 0.2) is 76.5 Å². The maximum absolute atomic E-state index is 12.7. The van der Waals surface area contributed by atoms with Gasteiger partial charge in [-0.1, -0.05) is 53.7 Å². The summed E-state index contributed by atoms with van der Waals surface area (Å²) >= 11 is 7.81. The minimum Gasteiger partial charge on any atom is -0.481 e. The third kappa shape index (κ3) is 5.09. The van der Waals surface area contributed by atoms with Crippen molar-refractivity contribution in [3.63, 3.8) is 0 Å². The van der Waals surface area contributed by atoms with Crippen LogP contribution in [0, 0.1) is 13.8 Å². The van der Waals surface area contributed by atoms with E-state index in [4.69, 9.17) is 16.3 Å². The Hall–Kier alpha value is -2.43. The van der Waals surface area contributed by atoms with Crippen LogP contribution in [0.4, 0.5) is 5.69 Å². The molecule has 0 heterocycles. The lowest BCUT2D eigenvalue weighted by Crippen LogP contribution is -2.30. The van der Waals surface area contributed by atoms with E-state index in [2.05, 4.69) is 5.32 Å². The third-order valence-corrected chi connectivity index (χ3v) is 5.89. The van der Waals surface area contributed by atoms with Crippen molar-refractivity contribution in [2.45, 2.75) is 36.7 Å². The monoisotopic (exact) mass is 411 g/mol. The summed E-state index contributed by atoms with van der Waals surface area (Å²) in [4.78, 5) is 14.8. The molecule has 0 fully saturated rings. The first-order valence-corrected chi connectivity index (χ1v) is 10.2. The van der Waals surface area contributed by atoms with Gasteiger partial charge in [0.05, 0.1) is 5.69 Å². The molecule has 0 aromatic heterocycles. The summed E-state index contributed by atoms with van der Waals surface area (Å²) in [6, 6.07) is 21.5. The van der Waals surface area contributed by atoms with E-state index in [0.29, 0.717) is 5.75 Å². The van der Waals surface area contributed by atoms with Crippen LogP contribution < -0.4 is 10.1 Å². The number of nitrogens with one attached hydrogen (secondary N) is 1. The highest BCUT2D eigenvalue weighted by Gasteiger charge is 2.17. The number of carbonyl (C=O) groups is 1. The van der Waals surface area contributed by atoms with Gasteiger partial charge in [-0.2, -0.15) is 0 Å². The fourth-order valence-corrected chi connectivity index (χ4v) is 3.77. The molecule has 3 aromatic carbocycles. The van der Waals surface area contributed by atoms with Gasteiger partial charge in [-0.15, -0.1) is 0 Å². The summed E-state index contributed by atoms with van der Waals surface area (Å²) in [5.41, 5.74) is 2.61. The number of carbonyl (C=O) groups excluding carboxylic acids is 1. The van der Waals surface area contributed by atoms with Gasteiger partial charge in [-0.05, 0) is 68.3 Å². The number of hydrogen-bond donors (Lipinski definition) is 1. The molecule has 0 aliphatic heterocycles. The van der Waals surface area contributed by atoms with Crippen LogP contribution >= 0.6 is 23.4 Å². The second-order valence-corrected chi connectivity index (χ2v) is 8.02. The minimum absolute atomic E-state index is 0.202. The summed E-state index contributed by atoms with van der Waals surface area (Å²) in [7, 11) is 0. The Morgan fingerprint density at radius 1 is 1.00 bits per heavy atom. The molecule has 0 saturated heterocycles. The maximum Gasteiger partial charge on any atom is 0.265 e. The van der Waals surface area contributed by atoms with Gasteiger partial charge in [0.1, 0.15) is 5.75 Å². The lowest BCUT2D eigenvalue weighted by Gasteiger charge is -2.17. The van der Waals surface area contributed by atoms with Gasteiger partial charge in [0, 0.05) is 14.8 Å². The molecule has 3 rings (SSSR count). The Morgan fingerprint density at radius 2 is 1.61 bits per heavy atom. The normalized spacial score (nSPS) is 11.7. The Morgan fingerprint density at radius 3 is 2.29 bits per heavy atom. The highest BCUT2D eigenvalue weighted by Crippen LogP contribution is 2.33. The summed E-state index contributed by atoms with van der Waals surface area (Å²) in [5.74, 6) is 0.431. The van der Waals surface area contributed by atoms with Gasteiger partial charge < -0.3 is 10.1 Å². The standard InChI is InChI=1S/C23H22ClNO2S/c1-15-13-18(14-16(2)22(15)24)27-17(3)23(26)25-20-11-7-8-12-21(20)28-19-9-5-4-6-10-19/h4-14,17H,1-3H3,(H,25,26)/t17-/m1/s1. The molecule has 0 unspecified atom stereocenters. The first-order valence-electron chi connectivity index (χ1n) is 9.00. The van der Waals surface area contributed by atoms with Gasteiger partial charge in [-0.3, -0.25) is 4.79 Å². The molecule has 0 bridgehead atoms. The number of ether oxygens (including phenoxy) is 1. The molecule has 144 valence electrons. The van der Waals surface area contributed by atoms with Crippen molar-refractivity contribution >= 4 is 35.0 Å². The smallest absolute Gasteiger partial charge is 0.265 e. The summed E-state index contributed by atoms with van der Waals surface area (Å²) in [6.45, 7) is 5.58. The van der Waals surface area contributed by atoms with Crippen molar-refractivity contribution in [1.82, 2.24) is 0 Å². The highest BCUT2D eigenvalue weighted by atomic mass is 35.5. The maximum atomic E-state index is 12.7. The first-order chi connectivity index (χ1) is 13.4.